The Balaban J connectivity index is 0.000000260. The van der Waals surface area contributed by atoms with Crippen molar-refractivity contribution in [2.75, 3.05) is 10.6 Å². The molecule has 0 bridgehead atoms. The van der Waals surface area contributed by atoms with Gasteiger partial charge in [-0.2, -0.15) is 5.26 Å². The number of hydrogen-bond acceptors (Lipinski definition) is 4. The van der Waals surface area contributed by atoms with E-state index in [2.05, 4.69) is 10.6 Å². The molecule has 0 heterocycles. The van der Waals surface area contributed by atoms with Gasteiger partial charge in [0, 0.05) is 25.2 Å². The number of nitrogens with zero attached hydrogens (tertiary/aromatic N) is 1. The fourth-order valence-corrected chi connectivity index (χ4v) is 1.79. The van der Waals surface area contributed by atoms with Crippen LogP contribution in [0.1, 0.15) is 29.8 Å². The Bertz CT molecular complexity index is 876. The van der Waals surface area contributed by atoms with E-state index in [9.17, 15) is 23.2 Å². The predicted octanol–water partition coefficient (Wildman–Crippen LogP) is 3.25. The van der Waals surface area contributed by atoms with Gasteiger partial charge in [-0.15, -0.1) is 0 Å². The number of hydrogen-bond donors (Lipinski definition) is 2. The Labute approximate surface area is 148 Å². The second-order valence-corrected chi connectivity index (χ2v) is 5.02. The zero-order valence-corrected chi connectivity index (χ0v) is 14.0. The number of carbonyl (C=O) groups excluding carboxylic acids is 3. The topological polar surface area (TPSA) is 99.1 Å². The lowest BCUT2D eigenvalue weighted by Crippen LogP contribution is -2.06. The van der Waals surface area contributed by atoms with E-state index < -0.39 is 11.6 Å². The number of carbonyl (C=O) groups is 3. The van der Waals surface area contributed by atoms with Gasteiger partial charge in [0.1, 0.15) is 17.7 Å². The minimum Gasteiger partial charge on any atom is -0.326 e. The average Bonchev–Trinajstić information content (AvgIpc) is 2.55. The number of rotatable bonds is 3. The molecule has 0 saturated carbocycles. The van der Waals surface area contributed by atoms with Crippen molar-refractivity contribution in [2.45, 2.75) is 13.8 Å². The monoisotopic (exact) mass is 359 g/mol. The van der Waals surface area contributed by atoms with Crippen LogP contribution in [0.4, 0.5) is 20.2 Å². The summed E-state index contributed by atoms with van der Waals surface area (Å²) in [5, 5.41) is 13.2. The van der Waals surface area contributed by atoms with Crippen LogP contribution in [0, 0.1) is 23.0 Å². The van der Waals surface area contributed by atoms with Gasteiger partial charge in [0.15, 0.2) is 6.29 Å². The van der Waals surface area contributed by atoms with Crippen LogP contribution in [0.5, 0.6) is 0 Å². The van der Waals surface area contributed by atoms with Crippen molar-refractivity contribution in [2.24, 2.45) is 0 Å². The third-order valence-electron chi connectivity index (χ3n) is 2.86. The Morgan fingerprint density at radius 2 is 1.46 bits per heavy atom. The summed E-state index contributed by atoms with van der Waals surface area (Å²) in [5.74, 6) is -1.82. The van der Waals surface area contributed by atoms with E-state index in [1.54, 1.807) is 6.07 Å². The maximum absolute atomic E-state index is 12.9. The number of anilines is 2. The predicted molar refractivity (Wildman–Crippen MR) is 91.5 cm³/mol. The smallest absolute Gasteiger partial charge is 0.221 e. The second-order valence-electron chi connectivity index (χ2n) is 5.02. The molecule has 2 amide bonds. The van der Waals surface area contributed by atoms with E-state index in [1.165, 1.54) is 38.1 Å². The standard InChI is InChI=1S/C9H7FN2O.C9H8FNO2/c1-6(13)12-8-3-2-7(5-11)9(10)4-8;1-6(13)11-8-3-2-7(5-12)9(10)4-8/h2-4H,1H3,(H,12,13);2-5H,1H3,(H,11,13). The highest BCUT2D eigenvalue weighted by atomic mass is 19.1. The quantitative estimate of drug-likeness (QED) is 0.822. The number of benzene rings is 2. The molecule has 6 nitrogen and oxygen atoms in total. The van der Waals surface area contributed by atoms with Crippen molar-refractivity contribution in [3.63, 3.8) is 0 Å². The lowest BCUT2D eigenvalue weighted by atomic mass is 10.2. The molecule has 26 heavy (non-hydrogen) atoms. The molecule has 0 atom stereocenters. The molecular weight excluding hydrogens is 344 g/mol. The van der Waals surface area contributed by atoms with Crippen molar-refractivity contribution >= 4 is 29.5 Å². The van der Waals surface area contributed by atoms with E-state index in [0.29, 0.717) is 17.7 Å². The van der Waals surface area contributed by atoms with Gasteiger partial charge in [-0.05, 0) is 36.4 Å². The van der Waals surface area contributed by atoms with Crippen LogP contribution in [0.3, 0.4) is 0 Å². The molecule has 0 aromatic heterocycles. The normalized spacial score (nSPS) is 9.19. The number of nitriles is 1. The van der Waals surface area contributed by atoms with Gasteiger partial charge in [0.05, 0.1) is 11.1 Å². The van der Waals surface area contributed by atoms with Crippen molar-refractivity contribution in [3.05, 3.63) is 59.2 Å². The lowest BCUT2D eigenvalue weighted by Gasteiger charge is -2.02. The molecule has 2 N–H and O–H groups in total. The first-order chi connectivity index (χ1) is 12.3. The van der Waals surface area contributed by atoms with E-state index in [0.717, 1.165) is 12.1 Å². The Morgan fingerprint density at radius 1 is 0.962 bits per heavy atom. The molecule has 0 unspecified atom stereocenters. The summed E-state index contributed by atoms with van der Waals surface area (Å²) >= 11 is 0. The van der Waals surface area contributed by atoms with Crippen LogP contribution in [0.25, 0.3) is 0 Å². The van der Waals surface area contributed by atoms with E-state index >= 15 is 0 Å². The third-order valence-corrected chi connectivity index (χ3v) is 2.86. The first-order valence-corrected chi connectivity index (χ1v) is 7.26. The Morgan fingerprint density at radius 3 is 1.85 bits per heavy atom. The fraction of sp³-hybridized carbons (Fsp3) is 0.111. The highest BCUT2D eigenvalue weighted by Gasteiger charge is 2.03. The Kier molecular flexibility index (Phi) is 7.58. The van der Waals surface area contributed by atoms with Crippen LogP contribution < -0.4 is 10.6 Å². The molecule has 8 heteroatoms. The molecule has 0 spiro atoms. The molecule has 0 aliphatic rings. The maximum Gasteiger partial charge on any atom is 0.221 e. The molecule has 0 radical (unpaired) electrons. The van der Waals surface area contributed by atoms with Crippen LogP contribution >= 0.6 is 0 Å². The van der Waals surface area contributed by atoms with Crippen molar-refractivity contribution in [1.82, 2.24) is 0 Å². The van der Waals surface area contributed by atoms with Crippen LogP contribution in [0.2, 0.25) is 0 Å². The summed E-state index contributed by atoms with van der Waals surface area (Å²) in [4.78, 5) is 31.4. The number of halogens is 2. The molecule has 2 rings (SSSR count). The van der Waals surface area contributed by atoms with Crippen molar-refractivity contribution in [3.8, 4) is 6.07 Å². The molecule has 0 aliphatic heterocycles. The summed E-state index contributed by atoms with van der Waals surface area (Å²) in [5.41, 5.74) is 0.641. The SMILES string of the molecule is CC(=O)Nc1ccc(C#N)c(F)c1.CC(=O)Nc1ccc(C=O)c(F)c1. The van der Waals surface area contributed by atoms with Gasteiger partial charge in [-0.1, -0.05) is 0 Å². The molecule has 0 fully saturated rings. The van der Waals surface area contributed by atoms with Crippen molar-refractivity contribution < 1.29 is 23.2 Å². The third kappa shape index (κ3) is 6.49. The number of amides is 2. The van der Waals surface area contributed by atoms with Gasteiger partial charge < -0.3 is 10.6 Å². The molecule has 0 saturated heterocycles. The van der Waals surface area contributed by atoms with Crippen LogP contribution in [-0.4, -0.2) is 18.1 Å². The minimum atomic E-state index is -0.638. The summed E-state index contributed by atoms with van der Waals surface area (Å²) < 4.78 is 25.8. The zero-order valence-electron chi connectivity index (χ0n) is 14.0. The second kappa shape index (κ2) is 9.64. The van der Waals surface area contributed by atoms with Gasteiger partial charge in [-0.3, -0.25) is 14.4 Å². The highest BCUT2D eigenvalue weighted by molar-refractivity contribution is 5.89. The average molecular weight is 359 g/mol. The summed E-state index contributed by atoms with van der Waals surface area (Å²) in [6, 6.07) is 9.48. The first kappa shape index (κ1) is 20.4. The highest BCUT2D eigenvalue weighted by Crippen LogP contribution is 2.13. The van der Waals surface area contributed by atoms with Gasteiger partial charge in [-0.25, -0.2) is 8.78 Å². The molecule has 134 valence electrons. The lowest BCUT2D eigenvalue weighted by molar-refractivity contribution is -0.115. The van der Waals surface area contributed by atoms with Gasteiger partial charge >= 0.3 is 0 Å². The zero-order chi connectivity index (χ0) is 19.7. The number of nitrogens with one attached hydrogen (secondary N) is 2. The Hall–Kier alpha value is -3.60. The van der Waals surface area contributed by atoms with E-state index in [1.807, 2.05) is 0 Å². The summed E-state index contributed by atoms with van der Waals surface area (Å²) in [6.45, 7) is 2.65. The maximum atomic E-state index is 12.9. The van der Waals surface area contributed by atoms with Crippen LogP contribution in [0.15, 0.2) is 36.4 Å². The molecular formula is C18H15F2N3O3. The largest absolute Gasteiger partial charge is 0.326 e. The molecule has 2 aromatic carbocycles. The summed E-state index contributed by atoms with van der Waals surface area (Å²) in [6.07, 6.45) is 0.423. The summed E-state index contributed by atoms with van der Waals surface area (Å²) in [7, 11) is 0. The van der Waals surface area contributed by atoms with Gasteiger partial charge in [0.2, 0.25) is 11.8 Å². The first-order valence-electron chi connectivity index (χ1n) is 7.26. The van der Waals surface area contributed by atoms with Crippen LogP contribution in [-0.2, 0) is 9.59 Å². The van der Waals surface area contributed by atoms with Gasteiger partial charge in [0.25, 0.3) is 0 Å². The van der Waals surface area contributed by atoms with E-state index in [-0.39, 0.29) is 22.9 Å². The molecule has 2 aromatic rings. The minimum absolute atomic E-state index is 0.0193. The number of aldehydes is 1. The molecule has 0 aliphatic carbocycles. The van der Waals surface area contributed by atoms with Crippen molar-refractivity contribution in [1.29, 1.82) is 5.26 Å². The van der Waals surface area contributed by atoms with E-state index in [4.69, 9.17) is 5.26 Å². The fourth-order valence-electron chi connectivity index (χ4n) is 1.79.